The molecule has 2 atom stereocenters. The molecule has 2 rings (SSSR count). The van der Waals surface area contributed by atoms with Crippen molar-refractivity contribution in [2.24, 2.45) is 13.0 Å². The van der Waals surface area contributed by atoms with Crippen molar-refractivity contribution in [3.8, 4) is 0 Å². The summed E-state index contributed by atoms with van der Waals surface area (Å²) >= 11 is 0. The highest BCUT2D eigenvalue weighted by atomic mass is 16.5. The van der Waals surface area contributed by atoms with Crippen molar-refractivity contribution in [3.63, 3.8) is 0 Å². The van der Waals surface area contributed by atoms with Gasteiger partial charge in [-0.25, -0.2) is 0 Å². The Morgan fingerprint density at radius 3 is 2.86 bits per heavy atom. The van der Waals surface area contributed by atoms with E-state index in [-0.39, 0.29) is 6.10 Å². The molecule has 1 aromatic rings. The number of amides is 1. The number of nitrogens with one attached hydrogen (secondary N) is 1. The number of Topliss-reactive ketones (excluding diaryl/α,β-unsaturated/α-hetero) is 1. The maximum absolute atomic E-state index is 11.8. The molecule has 0 radical (unpaired) electrons. The number of hydrogen-bond acceptors (Lipinski definition) is 4. The molecule has 1 heterocycles. The van der Waals surface area contributed by atoms with Crippen LogP contribution < -0.4 is 5.32 Å². The summed E-state index contributed by atoms with van der Waals surface area (Å²) in [7, 11) is 1.70. The molecule has 21 heavy (non-hydrogen) atoms. The van der Waals surface area contributed by atoms with Gasteiger partial charge in [0.25, 0.3) is 11.7 Å². The molecule has 1 amide bonds. The van der Waals surface area contributed by atoms with Crippen molar-refractivity contribution in [2.45, 2.75) is 38.7 Å². The van der Waals surface area contributed by atoms with E-state index in [1.807, 2.05) is 0 Å². The Morgan fingerprint density at radius 1 is 1.43 bits per heavy atom. The number of ketones is 1. The minimum absolute atomic E-state index is 0.282. The quantitative estimate of drug-likeness (QED) is 0.487. The second kappa shape index (κ2) is 7.36. The molecule has 6 nitrogen and oxygen atoms in total. The van der Waals surface area contributed by atoms with E-state index in [1.54, 1.807) is 7.05 Å². The summed E-state index contributed by atoms with van der Waals surface area (Å²) in [4.78, 5) is 23.5. The maximum atomic E-state index is 11.8. The van der Waals surface area contributed by atoms with Gasteiger partial charge in [0, 0.05) is 19.8 Å². The lowest BCUT2D eigenvalue weighted by Crippen LogP contribution is -2.35. The monoisotopic (exact) mass is 293 g/mol. The van der Waals surface area contributed by atoms with Crippen LogP contribution in [0.2, 0.25) is 0 Å². The number of rotatable bonds is 6. The average Bonchev–Trinajstić information content (AvgIpc) is 2.91. The molecule has 0 aromatic carbocycles. The largest absolute Gasteiger partial charge is 0.376 e. The lowest BCUT2D eigenvalue weighted by Gasteiger charge is -2.28. The summed E-state index contributed by atoms with van der Waals surface area (Å²) in [6.45, 7) is 3.00. The summed E-state index contributed by atoms with van der Waals surface area (Å²) in [6, 6.07) is 0. The van der Waals surface area contributed by atoms with E-state index < -0.39 is 11.7 Å². The van der Waals surface area contributed by atoms with Gasteiger partial charge in [-0.3, -0.25) is 14.3 Å². The van der Waals surface area contributed by atoms with Crippen molar-refractivity contribution < 1.29 is 14.3 Å². The molecule has 0 bridgehead atoms. The predicted octanol–water partition coefficient (Wildman–Crippen LogP) is 1.31. The molecule has 1 aliphatic rings. The first-order valence-electron chi connectivity index (χ1n) is 7.50. The molecule has 1 N–H and O–H groups in total. The first-order valence-corrected chi connectivity index (χ1v) is 7.50. The van der Waals surface area contributed by atoms with Crippen LogP contribution in [-0.4, -0.2) is 40.7 Å². The Labute approximate surface area is 124 Å². The van der Waals surface area contributed by atoms with Gasteiger partial charge in [-0.05, 0) is 18.8 Å². The van der Waals surface area contributed by atoms with E-state index in [9.17, 15) is 9.59 Å². The summed E-state index contributed by atoms with van der Waals surface area (Å²) in [5, 5.41) is 6.47. The standard InChI is InChI=1S/C15H23N3O3/c1-11-5-3-4-6-13(11)21-8-7-16-15(20)14(19)12-9-17-18(2)10-12/h9-11,13H,3-8H2,1-2H3,(H,16,20)/t11-,13-/m1/s1. The van der Waals surface area contributed by atoms with E-state index >= 15 is 0 Å². The number of hydrogen-bond donors (Lipinski definition) is 1. The fourth-order valence-corrected chi connectivity index (χ4v) is 2.65. The van der Waals surface area contributed by atoms with E-state index in [1.165, 1.54) is 36.3 Å². The van der Waals surface area contributed by atoms with Crippen molar-refractivity contribution in [3.05, 3.63) is 18.0 Å². The van der Waals surface area contributed by atoms with Crippen LogP contribution >= 0.6 is 0 Å². The number of aromatic nitrogens is 2. The third kappa shape index (κ3) is 4.39. The van der Waals surface area contributed by atoms with E-state index in [4.69, 9.17) is 4.74 Å². The SMILES string of the molecule is C[C@@H]1CCCC[C@H]1OCCNC(=O)C(=O)c1cnn(C)c1. The first kappa shape index (κ1) is 15.7. The van der Waals surface area contributed by atoms with Crippen molar-refractivity contribution in [2.75, 3.05) is 13.2 Å². The second-order valence-electron chi connectivity index (χ2n) is 5.66. The van der Waals surface area contributed by atoms with Crippen LogP contribution in [0.4, 0.5) is 0 Å². The minimum atomic E-state index is -0.608. The zero-order valence-corrected chi connectivity index (χ0v) is 12.7. The number of ether oxygens (including phenoxy) is 1. The second-order valence-corrected chi connectivity index (χ2v) is 5.66. The van der Waals surface area contributed by atoms with Crippen LogP contribution in [-0.2, 0) is 16.6 Å². The molecule has 1 aliphatic carbocycles. The molecule has 0 unspecified atom stereocenters. The van der Waals surface area contributed by atoms with E-state index in [2.05, 4.69) is 17.3 Å². The van der Waals surface area contributed by atoms with Gasteiger partial charge >= 0.3 is 0 Å². The highest BCUT2D eigenvalue weighted by Gasteiger charge is 2.22. The van der Waals surface area contributed by atoms with Crippen molar-refractivity contribution >= 4 is 11.7 Å². The summed E-state index contributed by atoms with van der Waals surface area (Å²) in [6.07, 6.45) is 7.98. The Balaban J connectivity index is 1.68. The van der Waals surface area contributed by atoms with Crippen LogP contribution in [0, 0.1) is 5.92 Å². The zero-order valence-electron chi connectivity index (χ0n) is 12.7. The highest BCUT2D eigenvalue weighted by molar-refractivity contribution is 6.42. The van der Waals surface area contributed by atoms with Gasteiger partial charge in [0.05, 0.1) is 24.5 Å². The Bertz CT molecular complexity index is 498. The maximum Gasteiger partial charge on any atom is 0.292 e. The molecule has 6 heteroatoms. The molecule has 0 saturated heterocycles. The fourth-order valence-electron chi connectivity index (χ4n) is 2.65. The molecule has 1 saturated carbocycles. The number of aryl methyl sites for hydroxylation is 1. The smallest absolute Gasteiger partial charge is 0.292 e. The van der Waals surface area contributed by atoms with Crippen molar-refractivity contribution in [1.29, 1.82) is 0 Å². The van der Waals surface area contributed by atoms with Crippen LogP contribution in [0.1, 0.15) is 43.0 Å². The van der Waals surface area contributed by atoms with E-state index in [0.717, 1.165) is 6.42 Å². The molecule has 0 spiro atoms. The van der Waals surface area contributed by atoms with Crippen molar-refractivity contribution in [1.82, 2.24) is 15.1 Å². The highest BCUT2D eigenvalue weighted by Crippen LogP contribution is 2.25. The Hall–Kier alpha value is -1.69. The molecular weight excluding hydrogens is 270 g/mol. The van der Waals surface area contributed by atoms with Gasteiger partial charge in [-0.2, -0.15) is 5.10 Å². The molecule has 1 aromatic heterocycles. The fraction of sp³-hybridized carbons (Fsp3) is 0.667. The van der Waals surface area contributed by atoms with Gasteiger partial charge in [0.15, 0.2) is 0 Å². The summed E-state index contributed by atoms with van der Waals surface area (Å²) < 4.78 is 7.29. The lowest BCUT2D eigenvalue weighted by atomic mass is 9.88. The van der Waals surface area contributed by atoms with Gasteiger partial charge in [0.2, 0.25) is 0 Å². The Morgan fingerprint density at radius 2 is 2.19 bits per heavy atom. The van der Waals surface area contributed by atoms with Gasteiger partial charge in [0.1, 0.15) is 0 Å². The minimum Gasteiger partial charge on any atom is -0.376 e. The number of carbonyl (C=O) groups excluding carboxylic acids is 2. The third-order valence-corrected chi connectivity index (χ3v) is 3.93. The lowest BCUT2D eigenvalue weighted by molar-refractivity contribution is -0.117. The predicted molar refractivity (Wildman–Crippen MR) is 77.9 cm³/mol. The molecule has 1 fully saturated rings. The van der Waals surface area contributed by atoms with Gasteiger partial charge in [-0.1, -0.05) is 19.8 Å². The summed E-state index contributed by atoms with van der Waals surface area (Å²) in [5.74, 6) is -0.594. The third-order valence-electron chi connectivity index (χ3n) is 3.93. The van der Waals surface area contributed by atoms with Crippen LogP contribution in [0.15, 0.2) is 12.4 Å². The number of carbonyl (C=O) groups is 2. The zero-order chi connectivity index (χ0) is 15.2. The van der Waals surface area contributed by atoms with Gasteiger partial charge in [-0.15, -0.1) is 0 Å². The first-order chi connectivity index (χ1) is 10.1. The molecule has 0 aliphatic heterocycles. The molecular formula is C15H23N3O3. The van der Waals surface area contributed by atoms with Crippen LogP contribution in [0.5, 0.6) is 0 Å². The normalized spacial score (nSPS) is 22.0. The summed E-state index contributed by atoms with van der Waals surface area (Å²) in [5.41, 5.74) is 0.303. The average molecular weight is 293 g/mol. The van der Waals surface area contributed by atoms with Crippen LogP contribution in [0.25, 0.3) is 0 Å². The van der Waals surface area contributed by atoms with Crippen LogP contribution in [0.3, 0.4) is 0 Å². The molecule has 116 valence electrons. The number of nitrogens with zero attached hydrogens (tertiary/aromatic N) is 2. The topological polar surface area (TPSA) is 73.2 Å². The Kier molecular flexibility index (Phi) is 5.50. The van der Waals surface area contributed by atoms with Gasteiger partial charge < -0.3 is 10.1 Å². The van der Waals surface area contributed by atoms with E-state index in [0.29, 0.717) is 24.6 Å².